The number of carbonyl (C=O) groups is 1. The zero-order valence-corrected chi connectivity index (χ0v) is 14.6. The highest BCUT2D eigenvalue weighted by atomic mass is 32.2. The number of hydrogen-bond acceptors (Lipinski definition) is 6. The largest absolute Gasteiger partial charge is 0.379 e. The van der Waals surface area contributed by atoms with Crippen molar-refractivity contribution in [2.24, 2.45) is 5.92 Å². The van der Waals surface area contributed by atoms with Crippen LogP contribution in [0.3, 0.4) is 0 Å². The highest BCUT2D eigenvalue weighted by Crippen LogP contribution is 2.18. The maximum atomic E-state index is 12.2. The molecule has 2 atom stereocenters. The van der Waals surface area contributed by atoms with Crippen molar-refractivity contribution in [1.82, 2.24) is 14.8 Å². The van der Waals surface area contributed by atoms with Crippen molar-refractivity contribution < 1.29 is 22.5 Å². The predicted molar refractivity (Wildman–Crippen MR) is 83.4 cm³/mol. The van der Waals surface area contributed by atoms with E-state index in [1.807, 2.05) is 0 Å². The van der Waals surface area contributed by atoms with Crippen LogP contribution >= 0.6 is 0 Å². The van der Waals surface area contributed by atoms with E-state index in [9.17, 15) is 13.2 Å². The minimum atomic E-state index is -3.34. The highest BCUT2D eigenvalue weighted by Gasteiger charge is 2.34. The highest BCUT2D eigenvalue weighted by molar-refractivity contribution is 7.89. The Labute approximate surface area is 136 Å². The number of nitrogens with zero attached hydrogens (tertiary/aromatic N) is 2. The van der Waals surface area contributed by atoms with Crippen LogP contribution in [0.4, 0.5) is 0 Å². The fourth-order valence-electron chi connectivity index (χ4n) is 2.51. The standard InChI is InChI=1S/C14H23N3O5S/c1-9-12(10(2)22-16-9)5-14(18)15-13-7-21-6-11(13)8-23(19,20)17(3)4/h11,13H,5-8H2,1-4H3,(H,15,18)/t11-,13-/m0/s1. The topological polar surface area (TPSA) is 102 Å². The Kier molecular flexibility index (Phi) is 5.43. The molecular formula is C14H23N3O5S. The zero-order valence-electron chi connectivity index (χ0n) is 13.8. The minimum absolute atomic E-state index is 0.0454. The third-order valence-electron chi connectivity index (χ3n) is 4.04. The molecule has 2 rings (SSSR count). The van der Waals surface area contributed by atoms with Crippen molar-refractivity contribution >= 4 is 15.9 Å². The number of aryl methyl sites for hydroxylation is 2. The van der Waals surface area contributed by atoms with Gasteiger partial charge in [-0.25, -0.2) is 12.7 Å². The van der Waals surface area contributed by atoms with E-state index in [1.54, 1.807) is 13.8 Å². The molecule has 2 heterocycles. The van der Waals surface area contributed by atoms with Gasteiger partial charge in [-0.15, -0.1) is 0 Å². The van der Waals surface area contributed by atoms with E-state index in [-0.39, 0.29) is 30.0 Å². The third-order valence-corrected chi connectivity index (χ3v) is 6.01. The molecule has 0 spiro atoms. The third kappa shape index (κ3) is 4.30. The first-order chi connectivity index (χ1) is 10.7. The van der Waals surface area contributed by atoms with Crippen LogP contribution < -0.4 is 5.32 Å². The Morgan fingerprint density at radius 2 is 2.04 bits per heavy atom. The first-order valence-corrected chi connectivity index (χ1v) is 9.00. The molecular weight excluding hydrogens is 322 g/mol. The lowest BCUT2D eigenvalue weighted by atomic mass is 10.1. The van der Waals surface area contributed by atoms with E-state index in [2.05, 4.69) is 10.5 Å². The average Bonchev–Trinajstić information content (AvgIpc) is 3.00. The Morgan fingerprint density at radius 1 is 1.35 bits per heavy atom. The normalized spacial score (nSPS) is 21.8. The lowest BCUT2D eigenvalue weighted by Crippen LogP contribution is -2.44. The summed E-state index contributed by atoms with van der Waals surface area (Å²) in [6.45, 7) is 4.18. The number of sulfonamides is 1. The molecule has 1 aliphatic rings. The second kappa shape index (κ2) is 6.98. The molecule has 1 aliphatic heterocycles. The monoisotopic (exact) mass is 345 g/mol. The molecule has 1 fully saturated rings. The van der Waals surface area contributed by atoms with Crippen molar-refractivity contribution in [2.45, 2.75) is 26.3 Å². The number of ether oxygens (including phenoxy) is 1. The van der Waals surface area contributed by atoms with E-state index in [4.69, 9.17) is 9.26 Å². The molecule has 1 aromatic rings. The van der Waals surface area contributed by atoms with Crippen LogP contribution in [0.25, 0.3) is 0 Å². The van der Waals surface area contributed by atoms with Gasteiger partial charge >= 0.3 is 0 Å². The molecule has 1 amide bonds. The Bertz CT molecular complexity index is 648. The number of amides is 1. The van der Waals surface area contributed by atoms with Crippen LogP contribution in [0.1, 0.15) is 17.0 Å². The first kappa shape index (κ1) is 17.9. The average molecular weight is 345 g/mol. The summed E-state index contributed by atoms with van der Waals surface area (Å²) in [5.41, 5.74) is 1.45. The summed E-state index contributed by atoms with van der Waals surface area (Å²) in [5.74, 6) is 0.126. The van der Waals surface area contributed by atoms with Crippen LogP contribution in [-0.2, 0) is 26.0 Å². The summed E-state index contributed by atoms with van der Waals surface area (Å²) in [5, 5.41) is 6.69. The molecule has 1 aromatic heterocycles. The van der Waals surface area contributed by atoms with E-state index in [0.29, 0.717) is 24.7 Å². The van der Waals surface area contributed by atoms with Gasteiger partial charge in [0.2, 0.25) is 15.9 Å². The Hall–Kier alpha value is -1.45. The van der Waals surface area contributed by atoms with Gasteiger partial charge in [-0.05, 0) is 13.8 Å². The smallest absolute Gasteiger partial charge is 0.224 e. The fraction of sp³-hybridized carbons (Fsp3) is 0.714. The summed E-state index contributed by atoms with van der Waals surface area (Å²) < 4.78 is 35.6. The summed E-state index contributed by atoms with van der Waals surface area (Å²) in [7, 11) is -0.344. The van der Waals surface area contributed by atoms with Crippen molar-refractivity contribution in [3.8, 4) is 0 Å². The minimum Gasteiger partial charge on any atom is -0.379 e. The molecule has 0 bridgehead atoms. The number of rotatable bonds is 6. The van der Waals surface area contributed by atoms with Gasteiger partial charge in [0, 0.05) is 25.6 Å². The van der Waals surface area contributed by atoms with Gasteiger partial charge in [0.15, 0.2) is 0 Å². The molecule has 0 saturated carbocycles. The lowest BCUT2D eigenvalue weighted by molar-refractivity contribution is -0.121. The Balaban J connectivity index is 1.97. The van der Waals surface area contributed by atoms with Gasteiger partial charge in [-0.3, -0.25) is 4.79 Å². The first-order valence-electron chi connectivity index (χ1n) is 7.39. The number of aromatic nitrogens is 1. The summed E-state index contributed by atoms with van der Waals surface area (Å²) in [6, 6.07) is -0.308. The maximum Gasteiger partial charge on any atom is 0.224 e. The lowest BCUT2D eigenvalue weighted by Gasteiger charge is -2.21. The van der Waals surface area contributed by atoms with Crippen molar-refractivity contribution in [1.29, 1.82) is 0 Å². The van der Waals surface area contributed by atoms with Crippen LogP contribution in [0.15, 0.2) is 4.52 Å². The molecule has 130 valence electrons. The van der Waals surface area contributed by atoms with E-state index < -0.39 is 10.0 Å². The molecule has 23 heavy (non-hydrogen) atoms. The van der Waals surface area contributed by atoms with E-state index in [0.717, 1.165) is 5.56 Å². The van der Waals surface area contributed by atoms with Gasteiger partial charge in [0.1, 0.15) is 5.76 Å². The van der Waals surface area contributed by atoms with Crippen molar-refractivity contribution in [3.63, 3.8) is 0 Å². The summed E-state index contributed by atoms with van der Waals surface area (Å²) in [4.78, 5) is 12.2. The maximum absolute atomic E-state index is 12.2. The van der Waals surface area contributed by atoms with Gasteiger partial charge in [0.05, 0.1) is 37.1 Å². The molecule has 1 N–H and O–H groups in total. The fourth-order valence-corrected chi connectivity index (χ4v) is 3.68. The molecule has 8 nitrogen and oxygen atoms in total. The zero-order chi connectivity index (χ0) is 17.2. The van der Waals surface area contributed by atoms with Crippen LogP contribution in [0.2, 0.25) is 0 Å². The van der Waals surface area contributed by atoms with Crippen LogP contribution in [0.5, 0.6) is 0 Å². The predicted octanol–water partition coefficient (Wildman–Crippen LogP) is -0.143. The van der Waals surface area contributed by atoms with Gasteiger partial charge in [0.25, 0.3) is 0 Å². The molecule has 0 aliphatic carbocycles. The molecule has 1 saturated heterocycles. The number of nitrogens with one attached hydrogen (secondary N) is 1. The molecule has 0 radical (unpaired) electrons. The van der Waals surface area contributed by atoms with Crippen molar-refractivity contribution in [2.75, 3.05) is 33.1 Å². The van der Waals surface area contributed by atoms with Crippen LogP contribution in [-0.4, -0.2) is 62.9 Å². The molecule has 9 heteroatoms. The van der Waals surface area contributed by atoms with Gasteiger partial charge < -0.3 is 14.6 Å². The van der Waals surface area contributed by atoms with E-state index in [1.165, 1.54) is 18.4 Å². The molecule has 0 unspecified atom stereocenters. The van der Waals surface area contributed by atoms with Gasteiger partial charge in [-0.2, -0.15) is 0 Å². The van der Waals surface area contributed by atoms with Gasteiger partial charge in [-0.1, -0.05) is 5.16 Å². The second-order valence-electron chi connectivity index (χ2n) is 6.01. The number of carbonyl (C=O) groups excluding carboxylic acids is 1. The summed E-state index contributed by atoms with van der Waals surface area (Å²) >= 11 is 0. The van der Waals surface area contributed by atoms with E-state index >= 15 is 0 Å². The Morgan fingerprint density at radius 3 is 2.61 bits per heavy atom. The van der Waals surface area contributed by atoms with Crippen LogP contribution in [0, 0.1) is 19.8 Å². The summed E-state index contributed by atoms with van der Waals surface area (Å²) in [6.07, 6.45) is 0.158. The quantitative estimate of drug-likeness (QED) is 0.770. The molecule has 0 aromatic carbocycles. The second-order valence-corrected chi connectivity index (χ2v) is 8.24. The van der Waals surface area contributed by atoms with Crippen molar-refractivity contribution in [3.05, 3.63) is 17.0 Å². The number of hydrogen-bond donors (Lipinski definition) is 1. The SMILES string of the molecule is Cc1noc(C)c1CC(=O)N[C@H]1COC[C@H]1CS(=O)(=O)N(C)C.